The summed E-state index contributed by atoms with van der Waals surface area (Å²) in [5.74, 6) is 0.642. The van der Waals surface area contributed by atoms with Crippen LogP contribution in [0.2, 0.25) is 5.15 Å². The maximum atomic E-state index is 5.65. The van der Waals surface area contributed by atoms with E-state index in [4.69, 9.17) is 11.6 Å². The van der Waals surface area contributed by atoms with Crippen molar-refractivity contribution in [2.45, 2.75) is 0 Å². The highest BCUT2D eigenvalue weighted by molar-refractivity contribution is 9.11. The maximum absolute atomic E-state index is 5.65. The molecular formula is C10H6Br2ClN3. The van der Waals surface area contributed by atoms with Crippen LogP contribution < -0.4 is 5.32 Å². The van der Waals surface area contributed by atoms with Gasteiger partial charge in [0.05, 0.1) is 5.69 Å². The molecule has 3 nitrogen and oxygen atoms in total. The van der Waals surface area contributed by atoms with Gasteiger partial charge in [0.25, 0.3) is 0 Å². The highest BCUT2D eigenvalue weighted by atomic mass is 79.9. The summed E-state index contributed by atoms with van der Waals surface area (Å²) >= 11 is 12.5. The fourth-order valence-corrected chi connectivity index (χ4v) is 1.92. The Kier molecular flexibility index (Phi) is 3.78. The lowest BCUT2D eigenvalue weighted by molar-refractivity contribution is 1.04. The van der Waals surface area contributed by atoms with Gasteiger partial charge in [0, 0.05) is 8.95 Å². The van der Waals surface area contributed by atoms with Crippen LogP contribution in [-0.4, -0.2) is 10.2 Å². The molecule has 0 saturated carbocycles. The molecule has 6 heteroatoms. The largest absolute Gasteiger partial charge is 0.338 e. The smallest absolute Gasteiger partial charge is 0.153 e. The van der Waals surface area contributed by atoms with Gasteiger partial charge in [-0.3, -0.25) is 0 Å². The first kappa shape index (κ1) is 11.8. The normalized spacial score (nSPS) is 10.2. The highest BCUT2D eigenvalue weighted by Gasteiger charge is 2.02. The number of nitrogens with zero attached hydrogens (tertiary/aromatic N) is 2. The van der Waals surface area contributed by atoms with E-state index in [0.717, 1.165) is 14.6 Å². The molecule has 0 saturated heterocycles. The van der Waals surface area contributed by atoms with E-state index in [1.807, 2.05) is 18.2 Å². The monoisotopic (exact) mass is 361 g/mol. The third-order valence-corrected chi connectivity index (χ3v) is 3.21. The number of nitrogens with one attached hydrogen (secondary N) is 1. The van der Waals surface area contributed by atoms with E-state index in [-0.39, 0.29) is 0 Å². The van der Waals surface area contributed by atoms with Crippen LogP contribution in [0, 0.1) is 0 Å². The minimum atomic E-state index is 0.374. The molecule has 0 fully saturated rings. The first-order valence-electron chi connectivity index (χ1n) is 4.36. The van der Waals surface area contributed by atoms with Crippen molar-refractivity contribution in [1.29, 1.82) is 0 Å². The number of aromatic nitrogens is 2. The first-order chi connectivity index (χ1) is 7.65. The third kappa shape index (κ3) is 2.93. The molecule has 1 aromatic carbocycles. The van der Waals surface area contributed by atoms with E-state index >= 15 is 0 Å². The molecule has 0 radical (unpaired) electrons. The standard InChI is InChI=1S/C10H6Br2ClN3/c11-6-1-2-7(12)8(5-6)14-10-4-3-9(13)15-16-10/h1-5H,(H,14,16). The Labute approximate surface area is 114 Å². The molecule has 1 heterocycles. The Hall–Kier alpha value is -0.650. The van der Waals surface area contributed by atoms with Crippen molar-refractivity contribution < 1.29 is 0 Å². The number of halogens is 3. The van der Waals surface area contributed by atoms with Gasteiger partial charge in [0.1, 0.15) is 0 Å². The van der Waals surface area contributed by atoms with Crippen molar-refractivity contribution in [2.75, 3.05) is 5.32 Å². The van der Waals surface area contributed by atoms with Crippen molar-refractivity contribution in [3.05, 3.63) is 44.4 Å². The second kappa shape index (κ2) is 5.12. The van der Waals surface area contributed by atoms with E-state index in [1.165, 1.54) is 0 Å². The van der Waals surface area contributed by atoms with E-state index in [2.05, 4.69) is 47.4 Å². The molecule has 0 aliphatic heterocycles. The number of benzene rings is 1. The molecule has 2 rings (SSSR count). The quantitative estimate of drug-likeness (QED) is 0.859. The van der Waals surface area contributed by atoms with Gasteiger partial charge in [0.15, 0.2) is 11.0 Å². The second-order valence-corrected chi connectivity index (χ2v) is 5.15. The molecule has 0 aliphatic carbocycles. The minimum Gasteiger partial charge on any atom is -0.338 e. The molecule has 0 aliphatic rings. The molecular weight excluding hydrogens is 357 g/mol. The van der Waals surface area contributed by atoms with Crippen LogP contribution in [0.3, 0.4) is 0 Å². The Morgan fingerprint density at radius 2 is 1.88 bits per heavy atom. The van der Waals surface area contributed by atoms with Crippen LogP contribution in [0.5, 0.6) is 0 Å². The molecule has 82 valence electrons. The van der Waals surface area contributed by atoms with Gasteiger partial charge >= 0.3 is 0 Å². The predicted octanol–water partition coefficient (Wildman–Crippen LogP) is 4.40. The van der Waals surface area contributed by atoms with Crippen LogP contribution in [-0.2, 0) is 0 Å². The molecule has 1 aromatic heterocycles. The molecule has 2 aromatic rings. The lowest BCUT2D eigenvalue weighted by atomic mass is 10.3. The van der Waals surface area contributed by atoms with Gasteiger partial charge in [-0.2, -0.15) is 0 Å². The summed E-state index contributed by atoms with van der Waals surface area (Å²) in [7, 11) is 0. The zero-order valence-corrected chi connectivity index (χ0v) is 11.8. The first-order valence-corrected chi connectivity index (χ1v) is 6.33. The summed E-state index contributed by atoms with van der Waals surface area (Å²) in [5.41, 5.74) is 0.908. The van der Waals surface area contributed by atoms with Gasteiger partial charge in [-0.05, 0) is 46.3 Å². The Morgan fingerprint density at radius 1 is 1.06 bits per heavy atom. The van der Waals surface area contributed by atoms with Crippen LogP contribution >= 0.6 is 43.5 Å². The molecule has 16 heavy (non-hydrogen) atoms. The van der Waals surface area contributed by atoms with Crippen LogP contribution in [0.1, 0.15) is 0 Å². The second-order valence-electron chi connectivity index (χ2n) is 2.99. The van der Waals surface area contributed by atoms with E-state index in [0.29, 0.717) is 11.0 Å². The van der Waals surface area contributed by atoms with E-state index in [9.17, 15) is 0 Å². The van der Waals surface area contributed by atoms with Crippen LogP contribution in [0.15, 0.2) is 39.3 Å². The van der Waals surface area contributed by atoms with Gasteiger partial charge in [-0.25, -0.2) is 0 Å². The summed E-state index contributed by atoms with van der Waals surface area (Å²) < 4.78 is 1.94. The zero-order valence-electron chi connectivity index (χ0n) is 7.92. The summed E-state index contributed by atoms with van der Waals surface area (Å²) in [5, 5.41) is 11.2. The molecule has 0 bridgehead atoms. The fraction of sp³-hybridized carbons (Fsp3) is 0. The Morgan fingerprint density at radius 3 is 2.56 bits per heavy atom. The lowest BCUT2D eigenvalue weighted by Gasteiger charge is -2.07. The van der Waals surface area contributed by atoms with E-state index in [1.54, 1.807) is 12.1 Å². The highest BCUT2D eigenvalue weighted by Crippen LogP contribution is 2.28. The SMILES string of the molecule is Clc1ccc(Nc2cc(Br)ccc2Br)nn1. The van der Waals surface area contributed by atoms with Crippen molar-refractivity contribution >= 4 is 55.0 Å². The number of rotatable bonds is 2. The van der Waals surface area contributed by atoms with Gasteiger partial charge in [0.2, 0.25) is 0 Å². The molecule has 0 amide bonds. The minimum absolute atomic E-state index is 0.374. The van der Waals surface area contributed by atoms with Crippen molar-refractivity contribution in [2.24, 2.45) is 0 Å². The molecule has 1 N–H and O–H groups in total. The Balaban J connectivity index is 2.26. The summed E-state index contributed by atoms with van der Waals surface area (Å²) in [6, 6.07) is 9.28. The van der Waals surface area contributed by atoms with Crippen LogP contribution in [0.25, 0.3) is 0 Å². The molecule has 0 atom stereocenters. The predicted molar refractivity (Wildman–Crippen MR) is 72.2 cm³/mol. The fourth-order valence-electron chi connectivity index (χ4n) is 1.11. The number of hydrogen-bond acceptors (Lipinski definition) is 3. The maximum Gasteiger partial charge on any atom is 0.153 e. The average Bonchev–Trinajstić information content (AvgIpc) is 2.27. The van der Waals surface area contributed by atoms with Crippen molar-refractivity contribution in [1.82, 2.24) is 10.2 Å². The molecule has 0 spiro atoms. The number of hydrogen-bond donors (Lipinski definition) is 1. The molecule has 0 unspecified atom stereocenters. The van der Waals surface area contributed by atoms with Gasteiger partial charge in [-0.15, -0.1) is 10.2 Å². The summed E-state index contributed by atoms with van der Waals surface area (Å²) in [6.45, 7) is 0. The van der Waals surface area contributed by atoms with Crippen LogP contribution in [0.4, 0.5) is 11.5 Å². The zero-order chi connectivity index (χ0) is 11.5. The summed E-state index contributed by atoms with van der Waals surface area (Å²) in [4.78, 5) is 0. The summed E-state index contributed by atoms with van der Waals surface area (Å²) in [6.07, 6.45) is 0. The average molecular weight is 363 g/mol. The Bertz CT molecular complexity index is 502. The van der Waals surface area contributed by atoms with E-state index < -0.39 is 0 Å². The van der Waals surface area contributed by atoms with Crippen molar-refractivity contribution in [3.63, 3.8) is 0 Å². The number of anilines is 2. The topological polar surface area (TPSA) is 37.8 Å². The third-order valence-electron chi connectivity index (χ3n) is 1.82. The lowest BCUT2D eigenvalue weighted by Crippen LogP contribution is -1.95. The van der Waals surface area contributed by atoms with Crippen molar-refractivity contribution in [3.8, 4) is 0 Å². The van der Waals surface area contributed by atoms with Gasteiger partial charge in [-0.1, -0.05) is 27.5 Å². The van der Waals surface area contributed by atoms with Gasteiger partial charge < -0.3 is 5.32 Å².